The zero-order valence-corrected chi connectivity index (χ0v) is 14.1. The molecule has 0 saturated heterocycles. The molecule has 1 aromatic carbocycles. The van der Waals surface area contributed by atoms with Gasteiger partial charge in [0.15, 0.2) is 11.4 Å². The van der Waals surface area contributed by atoms with E-state index in [0.29, 0.717) is 23.3 Å². The molecule has 0 amide bonds. The highest BCUT2D eigenvalue weighted by atomic mass is 35.5. The van der Waals surface area contributed by atoms with Gasteiger partial charge in [0.05, 0.1) is 5.38 Å². The van der Waals surface area contributed by atoms with E-state index in [1.165, 1.54) is 13.8 Å². The molecular formula is C18H19ClO4. The molecule has 0 radical (unpaired) electrons. The second-order valence-electron chi connectivity index (χ2n) is 5.99. The van der Waals surface area contributed by atoms with Crippen LogP contribution in [-0.4, -0.2) is 27.8 Å². The first-order valence-electron chi connectivity index (χ1n) is 7.31. The summed E-state index contributed by atoms with van der Waals surface area (Å²) < 4.78 is 5.42. The topological polar surface area (TPSA) is 63.6 Å². The van der Waals surface area contributed by atoms with Gasteiger partial charge in [0.2, 0.25) is 0 Å². The minimum Gasteiger partial charge on any atom is -0.478 e. The molecule has 0 saturated carbocycles. The normalized spacial score (nSPS) is 18.0. The van der Waals surface area contributed by atoms with Crippen LogP contribution in [0.25, 0.3) is 0 Å². The van der Waals surface area contributed by atoms with Crippen LogP contribution in [0.5, 0.6) is 5.75 Å². The molecule has 0 aromatic heterocycles. The third-order valence-electron chi connectivity index (χ3n) is 3.65. The lowest BCUT2D eigenvalue weighted by Crippen LogP contribution is -2.37. The van der Waals surface area contributed by atoms with E-state index < -0.39 is 11.6 Å². The first-order chi connectivity index (χ1) is 10.7. The van der Waals surface area contributed by atoms with Crippen LogP contribution in [0.2, 0.25) is 0 Å². The summed E-state index contributed by atoms with van der Waals surface area (Å²) in [6.45, 7) is 4.81. The summed E-state index contributed by atoms with van der Waals surface area (Å²) >= 11 is 6.04. The lowest BCUT2D eigenvalue weighted by atomic mass is 9.92. The van der Waals surface area contributed by atoms with Crippen LogP contribution in [0, 0.1) is 0 Å². The van der Waals surface area contributed by atoms with Crippen molar-refractivity contribution in [1.82, 2.24) is 0 Å². The Morgan fingerprint density at radius 1 is 1.26 bits per heavy atom. The number of ether oxygens (including phenoxy) is 1. The monoisotopic (exact) mass is 334 g/mol. The van der Waals surface area contributed by atoms with Crippen LogP contribution in [-0.2, 0) is 4.79 Å². The van der Waals surface area contributed by atoms with Crippen LogP contribution in [0.15, 0.2) is 47.6 Å². The number of aliphatic carboxylic acids is 1. The number of carboxylic acid groups (broad SMARTS) is 1. The Labute approximate surface area is 140 Å². The van der Waals surface area contributed by atoms with Gasteiger partial charge in [-0.1, -0.05) is 12.2 Å². The van der Waals surface area contributed by atoms with Gasteiger partial charge in [0.1, 0.15) is 5.75 Å². The van der Waals surface area contributed by atoms with Gasteiger partial charge in [-0.2, -0.15) is 0 Å². The molecule has 2 rings (SSSR count). The summed E-state index contributed by atoms with van der Waals surface area (Å²) in [5.41, 5.74) is 0.721. The number of hydrogen-bond donors (Lipinski definition) is 1. The first kappa shape index (κ1) is 17.3. The maximum atomic E-state index is 12.5. The lowest BCUT2D eigenvalue weighted by Gasteiger charge is -2.21. The Balaban J connectivity index is 2.16. The Morgan fingerprint density at radius 2 is 1.87 bits per heavy atom. The molecule has 5 heteroatoms. The van der Waals surface area contributed by atoms with Crippen LogP contribution in [0.1, 0.15) is 37.6 Å². The number of hydrogen-bond acceptors (Lipinski definition) is 3. The van der Waals surface area contributed by atoms with Crippen molar-refractivity contribution in [2.24, 2.45) is 0 Å². The third kappa shape index (κ3) is 4.02. The van der Waals surface area contributed by atoms with Crippen molar-refractivity contribution in [2.75, 3.05) is 0 Å². The minimum atomic E-state index is -1.33. The van der Waals surface area contributed by atoms with Crippen LogP contribution in [0.3, 0.4) is 0 Å². The molecule has 1 aromatic rings. The van der Waals surface area contributed by atoms with Gasteiger partial charge in [0, 0.05) is 11.1 Å². The summed E-state index contributed by atoms with van der Waals surface area (Å²) in [7, 11) is 0. The van der Waals surface area contributed by atoms with Crippen molar-refractivity contribution < 1.29 is 19.4 Å². The molecule has 1 N–H and O–H groups in total. The standard InChI is InChI=1S/C18H19ClO4/c1-11-10-13(19)6-9-15(11)16(20)12-4-7-14(8-5-12)23-18(2,3)17(21)22/h4-5,7-10,13H,6H2,1-3H3,(H,21,22). The van der Waals surface area contributed by atoms with Crippen LogP contribution >= 0.6 is 11.6 Å². The van der Waals surface area contributed by atoms with Crippen molar-refractivity contribution in [1.29, 1.82) is 0 Å². The highest BCUT2D eigenvalue weighted by Crippen LogP contribution is 2.26. The van der Waals surface area contributed by atoms with Gasteiger partial charge in [0.25, 0.3) is 0 Å². The second kappa shape index (κ2) is 6.59. The molecule has 0 bridgehead atoms. The van der Waals surface area contributed by atoms with Gasteiger partial charge >= 0.3 is 5.97 Å². The summed E-state index contributed by atoms with van der Waals surface area (Å²) in [5.74, 6) is -0.729. The Morgan fingerprint density at radius 3 is 2.39 bits per heavy atom. The molecule has 0 spiro atoms. The van der Waals surface area contributed by atoms with E-state index in [-0.39, 0.29) is 11.2 Å². The fourth-order valence-electron chi connectivity index (χ4n) is 2.26. The van der Waals surface area contributed by atoms with Gasteiger partial charge in [-0.15, -0.1) is 11.6 Å². The van der Waals surface area contributed by atoms with Gasteiger partial charge in [-0.3, -0.25) is 4.79 Å². The lowest BCUT2D eigenvalue weighted by molar-refractivity contribution is -0.152. The predicted molar refractivity (Wildman–Crippen MR) is 89.2 cm³/mol. The largest absolute Gasteiger partial charge is 0.478 e. The Kier molecular flexibility index (Phi) is 4.95. The number of ketones is 1. The number of carbonyl (C=O) groups excluding carboxylic acids is 1. The molecule has 1 aliphatic carbocycles. The number of benzene rings is 1. The van der Waals surface area contributed by atoms with E-state index in [9.17, 15) is 9.59 Å². The molecular weight excluding hydrogens is 316 g/mol. The van der Waals surface area contributed by atoms with E-state index in [4.69, 9.17) is 21.4 Å². The highest BCUT2D eigenvalue weighted by Gasteiger charge is 2.29. The van der Waals surface area contributed by atoms with Crippen LogP contribution < -0.4 is 4.74 Å². The van der Waals surface area contributed by atoms with E-state index in [0.717, 1.165) is 5.57 Å². The number of allylic oxidation sites excluding steroid dienone is 4. The number of Topliss-reactive ketones (excluding diaryl/α,β-unsaturated/α-hetero) is 1. The van der Waals surface area contributed by atoms with Gasteiger partial charge in [-0.25, -0.2) is 4.79 Å². The fraction of sp³-hybridized carbons (Fsp3) is 0.333. The first-order valence-corrected chi connectivity index (χ1v) is 7.74. The van der Waals surface area contributed by atoms with Crippen LogP contribution in [0.4, 0.5) is 0 Å². The van der Waals surface area contributed by atoms with Crippen molar-refractivity contribution in [3.05, 3.63) is 53.1 Å². The maximum absolute atomic E-state index is 12.5. The Bertz CT molecular complexity index is 683. The number of alkyl halides is 1. The number of carbonyl (C=O) groups is 2. The zero-order chi connectivity index (χ0) is 17.2. The van der Waals surface area contributed by atoms with E-state index in [2.05, 4.69) is 0 Å². The van der Waals surface area contributed by atoms with Crippen molar-refractivity contribution in [2.45, 2.75) is 38.2 Å². The molecule has 4 nitrogen and oxygen atoms in total. The van der Waals surface area contributed by atoms with Crippen molar-refractivity contribution >= 4 is 23.4 Å². The summed E-state index contributed by atoms with van der Waals surface area (Å²) in [5, 5.41) is 8.99. The molecule has 0 aliphatic heterocycles. The number of halogens is 1. The molecule has 23 heavy (non-hydrogen) atoms. The van der Waals surface area contributed by atoms with Crippen molar-refractivity contribution in [3.8, 4) is 5.75 Å². The summed E-state index contributed by atoms with van der Waals surface area (Å²) in [6.07, 6.45) is 4.36. The summed E-state index contributed by atoms with van der Waals surface area (Å²) in [4.78, 5) is 23.6. The van der Waals surface area contributed by atoms with Gasteiger partial charge < -0.3 is 9.84 Å². The van der Waals surface area contributed by atoms with Gasteiger partial charge in [-0.05, 0) is 57.0 Å². The Hall–Kier alpha value is -2.07. The fourth-order valence-corrected chi connectivity index (χ4v) is 2.54. The molecule has 0 fully saturated rings. The summed E-state index contributed by atoms with van der Waals surface area (Å²) in [6, 6.07) is 6.47. The molecule has 1 aliphatic rings. The third-order valence-corrected chi connectivity index (χ3v) is 3.96. The average Bonchev–Trinajstić information content (AvgIpc) is 2.47. The average molecular weight is 335 g/mol. The maximum Gasteiger partial charge on any atom is 0.347 e. The number of rotatable bonds is 5. The molecule has 122 valence electrons. The predicted octanol–water partition coefficient (Wildman–Crippen LogP) is 4.00. The second-order valence-corrected chi connectivity index (χ2v) is 6.55. The quantitative estimate of drug-likeness (QED) is 0.653. The van der Waals surface area contributed by atoms with E-state index >= 15 is 0 Å². The number of carboxylic acids is 1. The molecule has 0 heterocycles. The molecule has 1 atom stereocenters. The SMILES string of the molecule is CC1=CC(Cl)CC=C1C(=O)c1ccc(OC(C)(C)C(=O)O)cc1. The highest BCUT2D eigenvalue weighted by molar-refractivity contribution is 6.22. The minimum absolute atomic E-state index is 0.0689. The van der Waals surface area contributed by atoms with E-state index in [1.54, 1.807) is 24.3 Å². The van der Waals surface area contributed by atoms with E-state index in [1.807, 2.05) is 19.1 Å². The van der Waals surface area contributed by atoms with Crippen molar-refractivity contribution in [3.63, 3.8) is 0 Å². The smallest absolute Gasteiger partial charge is 0.347 e. The zero-order valence-electron chi connectivity index (χ0n) is 13.3. The molecule has 1 unspecified atom stereocenters.